The van der Waals surface area contributed by atoms with Crippen molar-refractivity contribution in [2.24, 2.45) is 0 Å². The third kappa shape index (κ3) is 4.40. The van der Waals surface area contributed by atoms with Crippen molar-refractivity contribution in [2.75, 3.05) is 42.0 Å². The predicted octanol–water partition coefficient (Wildman–Crippen LogP) is 0.718. The van der Waals surface area contributed by atoms with Crippen LogP contribution in [0.1, 0.15) is 16.7 Å². The Bertz CT molecular complexity index is 898. The summed E-state index contributed by atoms with van der Waals surface area (Å²) in [6.07, 6.45) is 1.75. The van der Waals surface area contributed by atoms with E-state index < -0.39 is 0 Å². The average Bonchev–Trinajstić information content (AvgIpc) is 2.68. The minimum Gasteiger partial charge on any atom is -1.00 e. The molecule has 1 aliphatic rings. The van der Waals surface area contributed by atoms with E-state index in [0.717, 1.165) is 40.9 Å². The quantitative estimate of drug-likeness (QED) is 0.385. The van der Waals surface area contributed by atoms with Gasteiger partial charge in [-0.3, -0.25) is 0 Å². The molecule has 0 atom stereocenters. The first kappa shape index (κ1) is 22.8. The summed E-state index contributed by atoms with van der Waals surface area (Å²) in [6.45, 7) is 0.965. The van der Waals surface area contributed by atoms with E-state index in [1.807, 2.05) is 6.07 Å². The van der Waals surface area contributed by atoms with E-state index >= 15 is 0 Å². The maximum Gasteiger partial charge on any atom is 0.187 e. The van der Waals surface area contributed by atoms with Crippen LogP contribution in [0, 0.1) is 0 Å². The molecule has 0 radical (unpaired) electrons. The van der Waals surface area contributed by atoms with E-state index in [-0.39, 0.29) is 24.0 Å². The molecule has 0 bridgehead atoms. The van der Waals surface area contributed by atoms with Gasteiger partial charge in [0.05, 0.1) is 39.3 Å². The van der Waals surface area contributed by atoms with Crippen molar-refractivity contribution in [1.82, 2.24) is 0 Å². The van der Waals surface area contributed by atoms with Crippen LogP contribution >= 0.6 is 15.9 Å². The van der Waals surface area contributed by atoms with Gasteiger partial charge < -0.3 is 42.9 Å². The highest BCUT2D eigenvalue weighted by atomic mass is 127. The second kappa shape index (κ2) is 9.82. The zero-order chi connectivity index (χ0) is 19.6. The molecule has 0 aromatic heterocycles. The Hall–Kier alpha value is -1.48. The summed E-state index contributed by atoms with van der Waals surface area (Å²) in [5.74, 6) is 2.94. The first-order valence-corrected chi connectivity index (χ1v) is 9.54. The van der Waals surface area contributed by atoms with Gasteiger partial charge in [0.15, 0.2) is 28.7 Å². The molecule has 0 fully saturated rings. The Labute approximate surface area is 191 Å². The smallest absolute Gasteiger partial charge is 0.187 e. The van der Waals surface area contributed by atoms with E-state index in [2.05, 4.69) is 45.8 Å². The van der Waals surface area contributed by atoms with Crippen LogP contribution in [0.2, 0.25) is 0 Å². The van der Waals surface area contributed by atoms with Crippen molar-refractivity contribution in [1.29, 1.82) is 0 Å². The number of likely N-dealkylation sites (N-methyl/N-ethyl adjacent to an activating group) is 1. The molecule has 0 N–H and O–H groups in total. The molecule has 3 rings (SSSR count). The number of fused-ring (bicyclic) bond motifs is 1. The van der Waals surface area contributed by atoms with Gasteiger partial charge in [0.2, 0.25) is 0 Å². The van der Waals surface area contributed by atoms with Gasteiger partial charge in [-0.25, -0.2) is 4.58 Å². The van der Waals surface area contributed by atoms with Gasteiger partial charge in [0.1, 0.15) is 13.6 Å². The van der Waals surface area contributed by atoms with Gasteiger partial charge in [-0.15, -0.1) is 0 Å². The first-order chi connectivity index (χ1) is 13.0. The minimum atomic E-state index is 0. The molecule has 5 nitrogen and oxygen atoms in total. The van der Waals surface area contributed by atoms with Crippen LogP contribution in [0.15, 0.2) is 28.7 Å². The van der Waals surface area contributed by atoms with Crippen LogP contribution in [0.25, 0.3) is 0 Å². The Morgan fingerprint density at radius 2 is 1.54 bits per heavy atom. The molecule has 152 valence electrons. The molecule has 28 heavy (non-hydrogen) atoms. The van der Waals surface area contributed by atoms with Crippen molar-refractivity contribution >= 4 is 21.6 Å². The molecule has 2 aromatic rings. The molecule has 0 saturated heterocycles. The highest BCUT2D eigenvalue weighted by molar-refractivity contribution is 9.10. The van der Waals surface area contributed by atoms with E-state index in [4.69, 9.17) is 18.9 Å². The number of rotatable bonds is 6. The molecule has 0 amide bonds. The number of nitrogens with zero attached hydrogens (tertiary/aromatic N) is 1. The lowest BCUT2D eigenvalue weighted by Crippen LogP contribution is -3.00. The SMILES string of the molecule is COc1cc2c(cc1OC)C(Cc1cc(Br)c(OC)c(OC)c1)=[N+](C)CC2.[I-]. The van der Waals surface area contributed by atoms with Crippen molar-refractivity contribution in [3.05, 3.63) is 45.4 Å². The van der Waals surface area contributed by atoms with Gasteiger partial charge in [0, 0.05) is 12.0 Å². The van der Waals surface area contributed by atoms with Gasteiger partial charge in [-0.05, 0) is 51.3 Å². The normalized spacial score (nSPS) is 12.8. The van der Waals surface area contributed by atoms with Gasteiger partial charge >= 0.3 is 0 Å². The molecule has 0 unspecified atom stereocenters. The highest BCUT2D eigenvalue weighted by Gasteiger charge is 2.26. The molecule has 0 aliphatic carbocycles. The molecule has 0 saturated carbocycles. The molecule has 1 heterocycles. The fourth-order valence-corrected chi connectivity index (χ4v) is 4.17. The molecular formula is C21H25BrINO4. The number of hydrogen-bond donors (Lipinski definition) is 0. The average molecular weight is 562 g/mol. The van der Waals surface area contributed by atoms with Crippen molar-refractivity contribution in [2.45, 2.75) is 12.8 Å². The minimum absolute atomic E-state index is 0. The summed E-state index contributed by atoms with van der Waals surface area (Å²) < 4.78 is 25.1. The van der Waals surface area contributed by atoms with Crippen molar-refractivity contribution in [3.8, 4) is 23.0 Å². The zero-order valence-electron chi connectivity index (χ0n) is 16.8. The Morgan fingerprint density at radius 3 is 2.14 bits per heavy atom. The monoisotopic (exact) mass is 561 g/mol. The second-order valence-corrected chi connectivity index (χ2v) is 7.33. The summed E-state index contributed by atoms with van der Waals surface area (Å²) in [5, 5.41) is 0. The molecule has 2 aromatic carbocycles. The number of ether oxygens (including phenoxy) is 4. The molecule has 7 heteroatoms. The maximum atomic E-state index is 5.52. The zero-order valence-corrected chi connectivity index (χ0v) is 20.5. The third-order valence-corrected chi connectivity index (χ3v) is 5.55. The van der Waals surface area contributed by atoms with Gasteiger partial charge in [-0.1, -0.05) is 0 Å². The third-order valence-electron chi connectivity index (χ3n) is 4.96. The topological polar surface area (TPSA) is 39.9 Å². The summed E-state index contributed by atoms with van der Waals surface area (Å²) in [5.41, 5.74) is 4.87. The number of hydrogen-bond acceptors (Lipinski definition) is 4. The largest absolute Gasteiger partial charge is 1.00 e. The highest BCUT2D eigenvalue weighted by Crippen LogP contribution is 2.37. The summed E-state index contributed by atoms with van der Waals surface area (Å²) >= 11 is 3.59. The van der Waals surface area contributed by atoms with E-state index in [0.29, 0.717) is 11.5 Å². The maximum absolute atomic E-state index is 5.52. The lowest BCUT2D eigenvalue weighted by Gasteiger charge is -2.20. The number of benzene rings is 2. The van der Waals surface area contributed by atoms with E-state index in [1.54, 1.807) is 28.4 Å². The van der Waals surface area contributed by atoms with Crippen molar-refractivity contribution < 1.29 is 47.5 Å². The number of halogens is 2. The lowest BCUT2D eigenvalue weighted by atomic mass is 9.92. The van der Waals surface area contributed by atoms with E-state index in [1.165, 1.54) is 16.8 Å². The molecule has 0 spiro atoms. The van der Waals surface area contributed by atoms with Crippen LogP contribution < -0.4 is 42.9 Å². The van der Waals surface area contributed by atoms with Gasteiger partial charge in [-0.2, -0.15) is 0 Å². The van der Waals surface area contributed by atoms with Gasteiger partial charge in [0.25, 0.3) is 0 Å². The van der Waals surface area contributed by atoms with Crippen LogP contribution in [0.3, 0.4) is 0 Å². The Morgan fingerprint density at radius 1 is 0.893 bits per heavy atom. The molecule has 1 aliphatic heterocycles. The Kier molecular flexibility index (Phi) is 8.00. The summed E-state index contributed by atoms with van der Waals surface area (Å²) in [6, 6.07) is 8.28. The van der Waals surface area contributed by atoms with Crippen LogP contribution in [-0.4, -0.2) is 52.3 Å². The predicted molar refractivity (Wildman–Crippen MR) is 109 cm³/mol. The standard InChI is InChI=1S/C21H25BrNO4.HI/c1-23-7-6-14-11-18(24-2)19(25-3)12-15(14)17(23)9-13-8-16(22)21(27-5)20(10-13)26-4;/h8,10-12H,6-7,9H2,1-5H3;1H/q+1;/p-1. The molecular weight excluding hydrogens is 537 g/mol. The van der Waals surface area contributed by atoms with E-state index in [9.17, 15) is 0 Å². The summed E-state index contributed by atoms with van der Waals surface area (Å²) in [4.78, 5) is 0. The summed E-state index contributed by atoms with van der Waals surface area (Å²) in [7, 11) is 8.76. The van der Waals surface area contributed by atoms with Crippen LogP contribution in [0.5, 0.6) is 23.0 Å². The Balaban J connectivity index is 0.00000280. The number of methoxy groups -OCH3 is 4. The lowest BCUT2D eigenvalue weighted by molar-refractivity contribution is -0.498. The van der Waals surface area contributed by atoms with Crippen molar-refractivity contribution in [3.63, 3.8) is 0 Å². The second-order valence-electron chi connectivity index (χ2n) is 6.47. The van der Waals surface area contributed by atoms with Crippen LogP contribution in [0.4, 0.5) is 0 Å². The first-order valence-electron chi connectivity index (χ1n) is 8.75. The van der Waals surface area contributed by atoms with Crippen LogP contribution in [-0.2, 0) is 12.8 Å². The fraction of sp³-hybridized carbons (Fsp3) is 0.381. The fourth-order valence-electron chi connectivity index (χ4n) is 3.52.